The smallest absolute Gasteiger partial charge is 0.271 e. The fourth-order valence-electron chi connectivity index (χ4n) is 1.53. The average molecular weight is 285 g/mol. The van der Waals surface area contributed by atoms with Crippen molar-refractivity contribution in [1.29, 1.82) is 0 Å². The maximum absolute atomic E-state index is 11.0. The van der Waals surface area contributed by atoms with E-state index in [2.05, 4.69) is 5.10 Å². The number of nitrogen functional groups attached to an aromatic ring is 1. The van der Waals surface area contributed by atoms with Gasteiger partial charge in [-0.3, -0.25) is 9.48 Å². The number of hydrogen-bond acceptors (Lipinski definition) is 3. The molecule has 0 saturated heterocycles. The van der Waals surface area contributed by atoms with Gasteiger partial charge in [0.2, 0.25) is 0 Å². The van der Waals surface area contributed by atoms with Crippen LogP contribution in [0.2, 0.25) is 10.0 Å². The van der Waals surface area contributed by atoms with Gasteiger partial charge in [0.15, 0.2) is 5.69 Å². The molecule has 94 valence electrons. The molecule has 0 unspecified atom stereocenters. The van der Waals surface area contributed by atoms with E-state index >= 15 is 0 Å². The van der Waals surface area contributed by atoms with Gasteiger partial charge in [-0.15, -0.1) is 0 Å². The van der Waals surface area contributed by atoms with Gasteiger partial charge in [0, 0.05) is 16.2 Å². The van der Waals surface area contributed by atoms with Crippen LogP contribution in [-0.4, -0.2) is 15.7 Å². The van der Waals surface area contributed by atoms with Crippen molar-refractivity contribution < 1.29 is 4.79 Å². The zero-order valence-corrected chi connectivity index (χ0v) is 10.7. The summed E-state index contributed by atoms with van der Waals surface area (Å²) in [5.41, 5.74) is 11.9. The summed E-state index contributed by atoms with van der Waals surface area (Å²) in [6.07, 6.45) is 1.53. The first-order valence-electron chi connectivity index (χ1n) is 5.04. The van der Waals surface area contributed by atoms with E-state index in [1.807, 2.05) is 0 Å². The van der Waals surface area contributed by atoms with Gasteiger partial charge in [0.1, 0.15) is 0 Å². The molecule has 4 N–H and O–H groups in total. The van der Waals surface area contributed by atoms with Crippen LogP contribution in [0.3, 0.4) is 0 Å². The van der Waals surface area contributed by atoms with Crippen LogP contribution in [0.15, 0.2) is 24.4 Å². The van der Waals surface area contributed by atoms with Crippen molar-refractivity contribution in [2.75, 3.05) is 5.73 Å². The molecule has 0 bridgehead atoms. The Morgan fingerprint density at radius 3 is 2.67 bits per heavy atom. The number of rotatable bonds is 3. The first kappa shape index (κ1) is 12.7. The van der Waals surface area contributed by atoms with Crippen molar-refractivity contribution >= 4 is 34.8 Å². The largest absolute Gasteiger partial charge is 0.396 e. The van der Waals surface area contributed by atoms with Gasteiger partial charge in [-0.1, -0.05) is 29.3 Å². The number of nitrogens with zero attached hydrogens (tertiary/aromatic N) is 2. The van der Waals surface area contributed by atoms with Gasteiger partial charge >= 0.3 is 0 Å². The fourth-order valence-corrected chi connectivity index (χ4v) is 2.00. The minimum absolute atomic E-state index is 0.0556. The Morgan fingerprint density at radius 1 is 1.39 bits per heavy atom. The number of anilines is 1. The molecular weight excluding hydrogens is 275 g/mol. The van der Waals surface area contributed by atoms with Gasteiger partial charge in [-0.2, -0.15) is 5.10 Å². The predicted octanol–water partition coefficient (Wildman–Crippen LogP) is 1.92. The van der Waals surface area contributed by atoms with Gasteiger partial charge < -0.3 is 11.5 Å². The first-order chi connectivity index (χ1) is 8.47. The monoisotopic (exact) mass is 284 g/mol. The maximum Gasteiger partial charge on any atom is 0.271 e. The molecule has 1 heterocycles. The van der Waals surface area contributed by atoms with E-state index < -0.39 is 5.91 Å². The van der Waals surface area contributed by atoms with E-state index in [4.69, 9.17) is 34.7 Å². The highest BCUT2D eigenvalue weighted by molar-refractivity contribution is 6.35. The Bertz CT molecular complexity index is 609. The summed E-state index contributed by atoms with van der Waals surface area (Å²) in [6, 6.07) is 5.15. The van der Waals surface area contributed by atoms with Gasteiger partial charge in [0.05, 0.1) is 12.2 Å². The Labute approximate surface area is 113 Å². The topological polar surface area (TPSA) is 86.9 Å². The Hall–Kier alpha value is -1.72. The van der Waals surface area contributed by atoms with Gasteiger partial charge in [0.25, 0.3) is 5.91 Å². The van der Waals surface area contributed by atoms with Crippen LogP contribution in [0.4, 0.5) is 5.69 Å². The fraction of sp³-hybridized carbons (Fsp3) is 0.0909. The zero-order valence-electron chi connectivity index (χ0n) is 9.23. The highest BCUT2D eigenvalue weighted by Crippen LogP contribution is 2.22. The van der Waals surface area contributed by atoms with E-state index in [1.165, 1.54) is 10.9 Å². The number of carbonyl (C=O) groups is 1. The molecule has 1 amide bonds. The molecule has 0 saturated carbocycles. The number of hydrogen-bond donors (Lipinski definition) is 2. The average Bonchev–Trinajstić information content (AvgIpc) is 2.64. The molecule has 0 radical (unpaired) electrons. The zero-order chi connectivity index (χ0) is 13.3. The minimum atomic E-state index is -0.659. The normalized spacial score (nSPS) is 10.6. The second-order valence-electron chi connectivity index (χ2n) is 3.73. The first-order valence-corrected chi connectivity index (χ1v) is 5.79. The van der Waals surface area contributed by atoms with Crippen molar-refractivity contribution in [3.05, 3.63) is 45.7 Å². The SMILES string of the molecule is NC(=O)c1nn(Cc2ccc(Cl)cc2Cl)cc1N. The molecular formula is C11H10Cl2N4O. The molecule has 18 heavy (non-hydrogen) atoms. The third-order valence-electron chi connectivity index (χ3n) is 2.37. The molecule has 0 aliphatic heterocycles. The lowest BCUT2D eigenvalue weighted by atomic mass is 10.2. The van der Waals surface area contributed by atoms with Crippen LogP contribution >= 0.6 is 23.2 Å². The molecule has 0 atom stereocenters. The summed E-state index contributed by atoms with van der Waals surface area (Å²) in [5.74, 6) is -0.659. The lowest BCUT2D eigenvalue weighted by Crippen LogP contribution is -2.14. The summed E-state index contributed by atoms with van der Waals surface area (Å²) >= 11 is 11.8. The molecule has 2 aromatic rings. The van der Waals surface area contributed by atoms with E-state index in [0.717, 1.165) is 5.56 Å². The van der Waals surface area contributed by atoms with E-state index in [0.29, 0.717) is 16.6 Å². The summed E-state index contributed by atoms with van der Waals surface area (Å²) in [5, 5.41) is 5.08. The summed E-state index contributed by atoms with van der Waals surface area (Å²) in [4.78, 5) is 11.0. The number of benzene rings is 1. The van der Waals surface area contributed by atoms with Crippen LogP contribution in [0.1, 0.15) is 16.1 Å². The lowest BCUT2D eigenvalue weighted by molar-refractivity contribution is 0.0995. The summed E-state index contributed by atoms with van der Waals surface area (Å²) < 4.78 is 1.50. The van der Waals surface area contributed by atoms with Crippen molar-refractivity contribution in [3.63, 3.8) is 0 Å². The second kappa shape index (κ2) is 4.88. The Kier molecular flexibility index (Phi) is 3.45. The molecule has 0 fully saturated rings. The molecule has 0 spiro atoms. The Balaban J connectivity index is 2.29. The minimum Gasteiger partial charge on any atom is -0.396 e. The molecule has 0 aliphatic carbocycles. The third kappa shape index (κ3) is 2.57. The molecule has 7 heteroatoms. The molecule has 5 nitrogen and oxygen atoms in total. The molecule has 0 aliphatic rings. The quantitative estimate of drug-likeness (QED) is 0.903. The maximum atomic E-state index is 11.0. The van der Waals surface area contributed by atoms with Crippen molar-refractivity contribution in [3.8, 4) is 0 Å². The number of nitrogens with two attached hydrogens (primary N) is 2. The highest BCUT2D eigenvalue weighted by Gasteiger charge is 2.12. The predicted molar refractivity (Wildman–Crippen MR) is 70.7 cm³/mol. The number of amides is 1. The van der Waals surface area contributed by atoms with Crippen molar-refractivity contribution in [2.45, 2.75) is 6.54 Å². The van der Waals surface area contributed by atoms with Gasteiger partial charge in [-0.05, 0) is 17.7 Å². The number of primary amides is 1. The third-order valence-corrected chi connectivity index (χ3v) is 2.96. The van der Waals surface area contributed by atoms with Crippen molar-refractivity contribution in [1.82, 2.24) is 9.78 Å². The number of aromatic nitrogens is 2. The van der Waals surface area contributed by atoms with E-state index in [1.54, 1.807) is 18.2 Å². The van der Waals surface area contributed by atoms with Crippen LogP contribution in [-0.2, 0) is 6.54 Å². The van der Waals surface area contributed by atoms with Crippen LogP contribution in [0.25, 0.3) is 0 Å². The second-order valence-corrected chi connectivity index (χ2v) is 4.57. The van der Waals surface area contributed by atoms with Gasteiger partial charge in [-0.25, -0.2) is 0 Å². The van der Waals surface area contributed by atoms with E-state index in [9.17, 15) is 4.79 Å². The molecule has 1 aromatic heterocycles. The van der Waals surface area contributed by atoms with Crippen LogP contribution < -0.4 is 11.5 Å². The molecule has 1 aromatic carbocycles. The summed E-state index contributed by atoms with van der Waals surface area (Å²) in [7, 11) is 0. The van der Waals surface area contributed by atoms with Crippen molar-refractivity contribution in [2.24, 2.45) is 5.73 Å². The summed E-state index contributed by atoms with van der Waals surface area (Å²) in [6.45, 7) is 0.382. The van der Waals surface area contributed by atoms with Crippen LogP contribution in [0.5, 0.6) is 0 Å². The number of carbonyl (C=O) groups excluding carboxylic acids is 1. The lowest BCUT2D eigenvalue weighted by Gasteiger charge is -2.04. The highest BCUT2D eigenvalue weighted by atomic mass is 35.5. The standard InChI is InChI=1S/C11H10Cl2N4O/c12-7-2-1-6(8(13)3-7)4-17-5-9(14)10(16-17)11(15)18/h1-3,5H,4,14H2,(H2,15,18). The van der Waals surface area contributed by atoms with E-state index in [-0.39, 0.29) is 11.4 Å². The Morgan fingerprint density at radius 2 is 2.11 bits per heavy atom. The number of halogens is 2. The van der Waals surface area contributed by atoms with Crippen LogP contribution in [0, 0.1) is 0 Å². The molecule has 2 rings (SSSR count).